The summed E-state index contributed by atoms with van der Waals surface area (Å²) in [5.41, 5.74) is 9.55. The third kappa shape index (κ3) is 3.59. The van der Waals surface area contributed by atoms with Crippen molar-refractivity contribution in [1.82, 2.24) is 14.9 Å². The van der Waals surface area contributed by atoms with Crippen molar-refractivity contribution >= 4 is 46.1 Å². The Hall–Kier alpha value is -3.45. The van der Waals surface area contributed by atoms with Gasteiger partial charge in [0, 0.05) is 59.6 Å². The number of nitrogens with one attached hydrogen (secondary N) is 1. The lowest BCUT2D eigenvalue weighted by molar-refractivity contribution is -0.126. The second kappa shape index (κ2) is 8.12. The molecule has 2 aromatic carbocycles. The fourth-order valence-corrected chi connectivity index (χ4v) is 3.94. The number of halogens is 1. The molecule has 152 valence electrons. The van der Waals surface area contributed by atoms with Crippen LogP contribution in [0.2, 0.25) is 5.02 Å². The number of nitrogens with two attached hydrogens (primary N) is 1. The highest BCUT2D eigenvalue weighted by Crippen LogP contribution is 2.35. The molecule has 1 aliphatic rings. The first-order valence-electron chi connectivity index (χ1n) is 9.52. The van der Waals surface area contributed by atoms with Gasteiger partial charge >= 0.3 is 0 Å². The van der Waals surface area contributed by atoms with Gasteiger partial charge in [-0.15, -0.1) is 0 Å². The van der Waals surface area contributed by atoms with E-state index in [1.165, 1.54) is 12.3 Å². The van der Waals surface area contributed by atoms with Crippen LogP contribution in [0.15, 0.2) is 49.3 Å². The van der Waals surface area contributed by atoms with Gasteiger partial charge in [-0.25, -0.2) is 9.97 Å². The van der Waals surface area contributed by atoms with E-state index >= 15 is 0 Å². The molecule has 4 rings (SSSR count). The van der Waals surface area contributed by atoms with Crippen LogP contribution in [0.5, 0.6) is 0 Å². The summed E-state index contributed by atoms with van der Waals surface area (Å²) >= 11 is 6.64. The summed E-state index contributed by atoms with van der Waals surface area (Å²) in [7, 11) is 0. The van der Waals surface area contributed by atoms with Crippen LogP contribution in [-0.4, -0.2) is 53.2 Å². The molecule has 1 amide bonds. The monoisotopic (exact) mass is 420 g/mol. The average Bonchev–Trinajstić information content (AvgIpc) is 2.78. The number of carbonyl (C=O) groups excluding carboxylic acids is 1. The van der Waals surface area contributed by atoms with Gasteiger partial charge in [-0.3, -0.25) is 4.79 Å². The topological polar surface area (TPSA) is 99.2 Å². The number of aromatic nitrogens is 2. The van der Waals surface area contributed by atoms with Crippen molar-refractivity contribution in [3.05, 3.63) is 59.9 Å². The highest BCUT2D eigenvalue weighted by molar-refractivity contribution is 6.34. The lowest BCUT2D eigenvalue weighted by atomic mass is 10.0. The van der Waals surface area contributed by atoms with Gasteiger partial charge in [0.2, 0.25) is 5.91 Å². The van der Waals surface area contributed by atoms with E-state index in [0.29, 0.717) is 42.5 Å². The third-order valence-electron chi connectivity index (χ3n) is 5.32. The Bertz CT molecular complexity index is 1150. The van der Waals surface area contributed by atoms with Crippen molar-refractivity contribution < 1.29 is 4.79 Å². The van der Waals surface area contributed by atoms with Gasteiger partial charge in [0.25, 0.3) is 0 Å². The van der Waals surface area contributed by atoms with Gasteiger partial charge in [0.1, 0.15) is 12.1 Å². The average molecular weight is 421 g/mol. The molecule has 3 aromatic rings. The third-order valence-corrected chi connectivity index (χ3v) is 5.63. The summed E-state index contributed by atoms with van der Waals surface area (Å²) in [5, 5.41) is 8.96. The number of rotatable bonds is 4. The van der Waals surface area contributed by atoms with Gasteiger partial charge in [-0.05, 0) is 35.9 Å². The van der Waals surface area contributed by atoms with E-state index in [9.17, 15) is 4.79 Å². The van der Waals surface area contributed by atoms with E-state index in [4.69, 9.17) is 22.7 Å². The molecule has 0 atom stereocenters. The summed E-state index contributed by atoms with van der Waals surface area (Å²) in [6.07, 6.45) is 4.12. The first-order valence-corrected chi connectivity index (χ1v) is 9.90. The molecule has 1 saturated heterocycles. The van der Waals surface area contributed by atoms with Crippen LogP contribution in [0.3, 0.4) is 0 Å². The zero-order chi connectivity index (χ0) is 21.3. The summed E-state index contributed by atoms with van der Waals surface area (Å²) < 4.78 is 0. The Labute approximate surface area is 179 Å². The van der Waals surface area contributed by atoms with Crippen molar-refractivity contribution in [2.24, 2.45) is 0 Å². The van der Waals surface area contributed by atoms with Crippen LogP contribution in [0, 0.1) is 5.41 Å². The molecule has 3 N–H and O–H groups in total. The van der Waals surface area contributed by atoms with E-state index in [1.54, 1.807) is 17.3 Å². The van der Waals surface area contributed by atoms with Crippen LogP contribution in [0.4, 0.5) is 11.5 Å². The van der Waals surface area contributed by atoms with Crippen molar-refractivity contribution in [3.63, 3.8) is 0 Å². The fourth-order valence-electron chi connectivity index (χ4n) is 3.67. The number of benzene rings is 2. The molecule has 0 saturated carbocycles. The molecule has 8 heteroatoms. The molecule has 0 radical (unpaired) electrons. The van der Waals surface area contributed by atoms with Crippen LogP contribution in [0.1, 0.15) is 5.56 Å². The predicted molar refractivity (Wildman–Crippen MR) is 121 cm³/mol. The lowest BCUT2D eigenvalue weighted by Crippen LogP contribution is -2.48. The molecule has 0 unspecified atom stereocenters. The molecule has 7 nitrogen and oxygen atoms in total. The predicted octanol–water partition coefficient (Wildman–Crippen LogP) is 3.36. The first-order chi connectivity index (χ1) is 14.5. The molecule has 0 aliphatic carbocycles. The number of hydrogen-bond donors (Lipinski definition) is 2. The zero-order valence-corrected chi connectivity index (χ0v) is 17.1. The Kier molecular flexibility index (Phi) is 5.37. The molecule has 2 heterocycles. The molecular formula is C22H21ClN6O. The summed E-state index contributed by atoms with van der Waals surface area (Å²) in [6, 6.07) is 9.30. The minimum absolute atomic E-state index is 0.0531. The number of piperazine rings is 1. The molecule has 30 heavy (non-hydrogen) atoms. The quantitative estimate of drug-likeness (QED) is 0.383. The second-order valence-corrected chi connectivity index (χ2v) is 7.46. The molecule has 1 aliphatic heterocycles. The Balaban J connectivity index is 1.70. The lowest BCUT2D eigenvalue weighted by Gasteiger charge is -2.35. The Morgan fingerprint density at radius 2 is 1.93 bits per heavy atom. The van der Waals surface area contributed by atoms with Gasteiger partial charge in [-0.1, -0.05) is 24.2 Å². The van der Waals surface area contributed by atoms with Gasteiger partial charge in [0.05, 0.1) is 5.52 Å². The maximum absolute atomic E-state index is 11.8. The van der Waals surface area contributed by atoms with Gasteiger partial charge in [-0.2, -0.15) is 0 Å². The first kappa shape index (κ1) is 19.8. The standard InChI is InChI=1S/C22H21ClN6O/c1-2-21(30)28-5-7-29(8-6-28)22-17-10-18(23)16(11-20(17)26-13-27-22)14-3-4-19(25)15(9-14)12-24/h2-4,9-13,24H,1,5-8,25H2. The Morgan fingerprint density at radius 1 is 1.17 bits per heavy atom. The number of nitrogen functional groups attached to an aromatic ring is 1. The van der Waals surface area contributed by atoms with Gasteiger partial charge in [0.15, 0.2) is 0 Å². The maximum atomic E-state index is 11.8. The summed E-state index contributed by atoms with van der Waals surface area (Å²) in [6.45, 7) is 6.12. The van der Waals surface area contributed by atoms with Crippen LogP contribution in [-0.2, 0) is 4.79 Å². The summed E-state index contributed by atoms with van der Waals surface area (Å²) in [5.74, 6) is 0.749. The number of anilines is 2. The smallest absolute Gasteiger partial charge is 0.246 e. The number of nitrogens with zero attached hydrogens (tertiary/aromatic N) is 4. The number of amides is 1. The summed E-state index contributed by atoms with van der Waals surface area (Å²) in [4.78, 5) is 24.7. The Morgan fingerprint density at radius 3 is 2.63 bits per heavy atom. The number of fused-ring (bicyclic) bond motifs is 1. The molecule has 1 aromatic heterocycles. The maximum Gasteiger partial charge on any atom is 0.246 e. The van der Waals surface area contributed by atoms with Crippen LogP contribution < -0.4 is 10.6 Å². The molecule has 1 fully saturated rings. The SMILES string of the molecule is C=CC(=O)N1CCN(c2ncnc3cc(-c4ccc(N)c(C=N)c4)c(Cl)cc23)CC1. The fraction of sp³-hybridized carbons (Fsp3) is 0.182. The van der Waals surface area contributed by atoms with Crippen molar-refractivity contribution in [1.29, 1.82) is 5.41 Å². The minimum Gasteiger partial charge on any atom is -0.398 e. The molecule has 0 spiro atoms. The van der Waals surface area contributed by atoms with Crippen molar-refractivity contribution in [2.45, 2.75) is 0 Å². The van der Waals surface area contributed by atoms with E-state index < -0.39 is 0 Å². The number of carbonyl (C=O) groups is 1. The highest BCUT2D eigenvalue weighted by Gasteiger charge is 2.22. The zero-order valence-electron chi connectivity index (χ0n) is 16.3. The number of hydrogen-bond acceptors (Lipinski definition) is 6. The minimum atomic E-state index is -0.0531. The van der Waals surface area contributed by atoms with Crippen molar-refractivity contribution in [2.75, 3.05) is 36.8 Å². The van der Waals surface area contributed by atoms with Gasteiger partial charge < -0.3 is 20.9 Å². The van der Waals surface area contributed by atoms with E-state index in [-0.39, 0.29) is 5.91 Å². The molecular weight excluding hydrogens is 400 g/mol. The van der Waals surface area contributed by atoms with Crippen molar-refractivity contribution in [3.8, 4) is 11.1 Å². The van der Waals surface area contributed by atoms with Crippen LogP contribution in [0.25, 0.3) is 22.0 Å². The molecule has 0 bridgehead atoms. The van der Waals surface area contributed by atoms with E-state index in [0.717, 1.165) is 27.8 Å². The van der Waals surface area contributed by atoms with E-state index in [1.807, 2.05) is 24.3 Å². The van der Waals surface area contributed by atoms with Crippen LogP contribution >= 0.6 is 11.6 Å². The normalized spacial score (nSPS) is 14.0. The largest absolute Gasteiger partial charge is 0.398 e. The second-order valence-electron chi connectivity index (χ2n) is 7.05. The van der Waals surface area contributed by atoms with E-state index in [2.05, 4.69) is 21.4 Å². The highest BCUT2D eigenvalue weighted by atomic mass is 35.5.